The van der Waals surface area contributed by atoms with Gasteiger partial charge in [-0.15, -0.1) is 11.8 Å². The number of nitrogens with zero attached hydrogens (tertiary/aromatic N) is 1. The first-order chi connectivity index (χ1) is 14.5. The number of imide groups is 1. The lowest BCUT2D eigenvalue weighted by molar-refractivity contribution is -0.119. The lowest BCUT2D eigenvalue weighted by Crippen LogP contribution is -2.31. The van der Waals surface area contributed by atoms with Crippen molar-refractivity contribution in [3.8, 4) is 17.2 Å². The molecule has 0 saturated heterocycles. The first kappa shape index (κ1) is 21.7. The summed E-state index contributed by atoms with van der Waals surface area (Å²) in [7, 11) is 3.03. The van der Waals surface area contributed by atoms with Crippen LogP contribution in [0.15, 0.2) is 47.4 Å². The van der Waals surface area contributed by atoms with Gasteiger partial charge in [-0.3, -0.25) is 9.59 Å². The van der Waals surface area contributed by atoms with Crippen LogP contribution in [0, 0.1) is 0 Å². The summed E-state index contributed by atoms with van der Waals surface area (Å²) in [6.45, 7) is 2.21. The van der Waals surface area contributed by atoms with Crippen molar-refractivity contribution in [2.75, 3.05) is 38.1 Å². The molecule has 7 nitrogen and oxygen atoms in total. The molecule has 0 bridgehead atoms. The van der Waals surface area contributed by atoms with Crippen LogP contribution in [0.1, 0.15) is 12.5 Å². The third-order valence-electron chi connectivity index (χ3n) is 4.44. The fraction of sp³-hybridized carbons (Fsp3) is 0.273. The highest BCUT2D eigenvalue weighted by molar-refractivity contribution is 8.04. The number of ether oxygens (including phenoxy) is 3. The van der Waals surface area contributed by atoms with Crippen LogP contribution < -0.4 is 19.1 Å². The SMILES string of the molecule is CCOc1cccc(N2C(=O)C(SCCO)=C(c3ccc(OC)c(OC)c3)C2=O)c1. The lowest BCUT2D eigenvalue weighted by Gasteiger charge is -2.16. The van der Waals surface area contributed by atoms with Crippen molar-refractivity contribution < 1.29 is 28.9 Å². The molecule has 30 heavy (non-hydrogen) atoms. The minimum Gasteiger partial charge on any atom is -0.494 e. The molecular formula is C22H23NO6S. The maximum Gasteiger partial charge on any atom is 0.272 e. The number of aliphatic hydroxyl groups is 1. The molecule has 1 heterocycles. The molecule has 0 spiro atoms. The van der Waals surface area contributed by atoms with Gasteiger partial charge < -0.3 is 19.3 Å². The topological polar surface area (TPSA) is 85.3 Å². The highest BCUT2D eigenvalue weighted by atomic mass is 32.2. The van der Waals surface area contributed by atoms with Crippen LogP contribution in [0.25, 0.3) is 5.57 Å². The molecule has 0 saturated carbocycles. The third kappa shape index (κ3) is 4.15. The standard InChI is InChI=1S/C22H23NO6S/c1-4-29-16-7-5-6-15(13-16)23-21(25)19(20(22(23)26)30-11-10-24)14-8-9-17(27-2)18(12-14)28-3/h5-9,12-13,24H,4,10-11H2,1-3H3. The number of anilines is 1. The number of hydrogen-bond donors (Lipinski definition) is 1. The molecule has 0 fully saturated rings. The summed E-state index contributed by atoms with van der Waals surface area (Å²) < 4.78 is 16.1. The Balaban J connectivity index is 2.07. The Bertz CT molecular complexity index is 987. The highest BCUT2D eigenvalue weighted by Gasteiger charge is 2.40. The molecule has 0 aliphatic carbocycles. The summed E-state index contributed by atoms with van der Waals surface area (Å²) in [5.74, 6) is 0.950. The van der Waals surface area contributed by atoms with E-state index in [0.717, 1.165) is 16.7 Å². The summed E-state index contributed by atoms with van der Waals surface area (Å²) in [6.07, 6.45) is 0. The molecule has 158 valence electrons. The number of methoxy groups -OCH3 is 2. The van der Waals surface area contributed by atoms with Gasteiger partial charge in [0.05, 0.1) is 43.6 Å². The molecule has 1 N–H and O–H groups in total. The molecule has 2 aromatic rings. The zero-order valence-electron chi connectivity index (χ0n) is 17.0. The van der Waals surface area contributed by atoms with E-state index in [-0.39, 0.29) is 22.8 Å². The van der Waals surface area contributed by atoms with E-state index in [9.17, 15) is 14.7 Å². The molecule has 0 aromatic heterocycles. The Hall–Kier alpha value is -2.97. The van der Waals surface area contributed by atoms with Crippen molar-refractivity contribution in [3.05, 3.63) is 52.9 Å². The van der Waals surface area contributed by atoms with Crippen molar-refractivity contribution in [1.82, 2.24) is 0 Å². The zero-order chi connectivity index (χ0) is 21.7. The number of aliphatic hydroxyl groups excluding tert-OH is 1. The number of benzene rings is 2. The van der Waals surface area contributed by atoms with Gasteiger partial charge in [0.25, 0.3) is 11.8 Å². The van der Waals surface area contributed by atoms with Crippen LogP contribution in [0.4, 0.5) is 5.69 Å². The predicted molar refractivity (Wildman–Crippen MR) is 116 cm³/mol. The van der Waals surface area contributed by atoms with Crippen LogP contribution >= 0.6 is 11.8 Å². The van der Waals surface area contributed by atoms with Crippen LogP contribution in [0.3, 0.4) is 0 Å². The Morgan fingerprint density at radius 2 is 1.77 bits per heavy atom. The van der Waals surface area contributed by atoms with Crippen molar-refractivity contribution >= 4 is 34.8 Å². The second kappa shape index (κ2) is 9.69. The van der Waals surface area contributed by atoms with E-state index < -0.39 is 11.8 Å². The van der Waals surface area contributed by atoms with Crippen LogP contribution in [-0.2, 0) is 9.59 Å². The van der Waals surface area contributed by atoms with Gasteiger partial charge >= 0.3 is 0 Å². The van der Waals surface area contributed by atoms with E-state index in [4.69, 9.17) is 14.2 Å². The van der Waals surface area contributed by atoms with E-state index in [2.05, 4.69) is 0 Å². The number of rotatable bonds is 9. The van der Waals surface area contributed by atoms with Crippen molar-refractivity contribution in [1.29, 1.82) is 0 Å². The first-order valence-electron chi connectivity index (χ1n) is 9.37. The summed E-state index contributed by atoms with van der Waals surface area (Å²) in [4.78, 5) is 28.0. The molecule has 0 unspecified atom stereocenters. The van der Waals surface area contributed by atoms with E-state index in [1.807, 2.05) is 6.92 Å². The summed E-state index contributed by atoms with van der Waals surface area (Å²) in [5.41, 5.74) is 1.23. The van der Waals surface area contributed by atoms with Gasteiger partial charge in [-0.25, -0.2) is 4.90 Å². The molecule has 2 amide bonds. The number of thioether (sulfide) groups is 1. The summed E-state index contributed by atoms with van der Waals surface area (Å²) in [5, 5.41) is 9.26. The molecule has 1 aliphatic heterocycles. The van der Waals surface area contributed by atoms with E-state index in [1.54, 1.807) is 42.5 Å². The average molecular weight is 429 g/mol. The van der Waals surface area contributed by atoms with Gasteiger partial charge in [0.2, 0.25) is 0 Å². The van der Waals surface area contributed by atoms with Gasteiger partial charge in [0.1, 0.15) is 5.75 Å². The summed E-state index contributed by atoms with van der Waals surface area (Å²) in [6, 6.07) is 11.9. The van der Waals surface area contributed by atoms with Crippen LogP contribution in [-0.4, -0.2) is 50.1 Å². The normalized spacial score (nSPS) is 13.8. The molecule has 0 radical (unpaired) electrons. The minimum atomic E-state index is -0.443. The number of hydrogen-bond acceptors (Lipinski definition) is 7. The van der Waals surface area contributed by atoms with Gasteiger partial charge in [-0.2, -0.15) is 0 Å². The van der Waals surface area contributed by atoms with E-state index in [1.165, 1.54) is 14.2 Å². The quantitative estimate of drug-likeness (QED) is 0.613. The maximum atomic E-state index is 13.4. The van der Waals surface area contributed by atoms with E-state index in [0.29, 0.717) is 35.1 Å². The molecule has 3 rings (SSSR count). The predicted octanol–water partition coefficient (Wildman–Crippen LogP) is 3.11. The van der Waals surface area contributed by atoms with Gasteiger partial charge in [0.15, 0.2) is 11.5 Å². The Morgan fingerprint density at radius 3 is 2.43 bits per heavy atom. The largest absolute Gasteiger partial charge is 0.494 e. The second-order valence-electron chi connectivity index (χ2n) is 6.22. The van der Waals surface area contributed by atoms with Crippen molar-refractivity contribution in [2.24, 2.45) is 0 Å². The Morgan fingerprint density at radius 1 is 1.00 bits per heavy atom. The number of carbonyl (C=O) groups is 2. The first-order valence-corrected chi connectivity index (χ1v) is 10.4. The summed E-state index contributed by atoms with van der Waals surface area (Å²) >= 11 is 1.15. The Kier molecular flexibility index (Phi) is 7.02. The van der Waals surface area contributed by atoms with Crippen molar-refractivity contribution in [2.45, 2.75) is 6.92 Å². The number of amides is 2. The van der Waals surface area contributed by atoms with Crippen LogP contribution in [0.5, 0.6) is 17.2 Å². The fourth-order valence-corrected chi connectivity index (χ4v) is 4.01. The smallest absolute Gasteiger partial charge is 0.272 e. The minimum absolute atomic E-state index is 0.116. The zero-order valence-corrected chi connectivity index (χ0v) is 17.8. The lowest BCUT2D eigenvalue weighted by atomic mass is 10.1. The second-order valence-corrected chi connectivity index (χ2v) is 7.33. The molecule has 1 aliphatic rings. The van der Waals surface area contributed by atoms with Gasteiger partial charge in [-0.1, -0.05) is 12.1 Å². The fourth-order valence-electron chi connectivity index (χ4n) is 3.15. The molecule has 2 aromatic carbocycles. The van der Waals surface area contributed by atoms with E-state index >= 15 is 0 Å². The Labute approximate surface area is 179 Å². The highest BCUT2D eigenvalue weighted by Crippen LogP contribution is 2.41. The molecular weight excluding hydrogens is 406 g/mol. The third-order valence-corrected chi connectivity index (χ3v) is 5.49. The molecule has 8 heteroatoms. The monoisotopic (exact) mass is 429 g/mol. The van der Waals surface area contributed by atoms with Gasteiger partial charge in [-0.05, 0) is 36.8 Å². The van der Waals surface area contributed by atoms with Crippen LogP contribution in [0.2, 0.25) is 0 Å². The van der Waals surface area contributed by atoms with Gasteiger partial charge in [0, 0.05) is 11.8 Å². The average Bonchev–Trinajstić information content (AvgIpc) is 3.01. The number of carbonyl (C=O) groups excluding carboxylic acids is 2. The van der Waals surface area contributed by atoms with Crippen molar-refractivity contribution in [3.63, 3.8) is 0 Å². The molecule has 0 atom stereocenters. The maximum absolute atomic E-state index is 13.4.